The number of methoxy groups -OCH3 is 2. The van der Waals surface area contributed by atoms with Gasteiger partial charge in [-0.2, -0.15) is 0 Å². The minimum absolute atomic E-state index is 0.0288. The van der Waals surface area contributed by atoms with Gasteiger partial charge in [0.1, 0.15) is 11.6 Å². The Morgan fingerprint density at radius 3 is 2.75 bits per heavy atom. The van der Waals surface area contributed by atoms with Crippen LogP contribution in [0.3, 0.4) is 0 Å². The summed E-state index contributed by atoms with van der Waals surface area (Å²) in [5.74, 6) is -0.517. The Morgan fingerprint density at radius 2 is 2.12 bits per heavy atom. The summed E-state index contributed by atoms with van der Waals surface area (Å²) in [5, 5.41) is 0. The van der Waals surface area contributed by atoms with Crippen molar-refractivity contribution in [3.05, 3.63) is 29.6 Å². The standard InChI is InChI=1S/C12H15FO3/c1-15-8-4-6-10(14)12-9(13)5-3-7-11(12)16-2/h3,5,7H,4,6,8H2,1-2H3. The summed E-state index contributed by atoms with van der Waals surface area (Å²) < 4.78 is 23.3. The first-order chi connectivity index (χ1) is 7.70. The number of carbonyl (C=O) groups is 1. The van der Waals surface area contributed by atoms with Crippen LogP contribution < -0.4 is 4.74 Å². The maximum absolute atomic E-state index is 13.5. The molecule has 0 aliphatic rings. The van der Waals surface area contributed by atoms with Crippen LogP contribution in [0.15, 0.2) is 18.2 Å². The summed E-state index contributed by atoms with van der Waals surface area (Å²) in [6.45, 7) is 0.489. The predicted molar refractivity (Wildman–Crippen MR) is 58.4 cm³/mol. The minimum Gasteiger partial charge on any atom is -0.496 e. The first-order valence-electron chi connectivity index (χ1n) is 5.05. The van der Waals surface area contributed by atoms with E-state index < -0.39 is 5.82 Å². The van der Waals surface area contributed by atoms with Crippen molar-refractivity contribution in [2.24, 2.45) is 0 Å². The molecule has 0 bridgehead atoms. The largest absolute Gasteiger partial charge is 0.496 e. The number of hydrogen-bond donors (Lipinski definition) is 0. The molecule has 1 rings (SSSR count). The van der Waals surface area contributed by atoms with E-state index in [0.717, 1.165) is 0 Å². The third-order valence-corrected chi connectivity index (χ3v) is 2.23. The molecule has 0 fully saturated rings. The number of Topliss-reactive ketones (excluding diaryl/α,β-unsaturated/α-hetero) is 1. The van der Waals surface area contributed by atoms with Crippen LogP contribution >= 0.6 is 0 Å². The van der Waals surface area contributed by atoms with E-state index in [-0.39, 0.29) is 23.5 Å². The Hall–Kier alpha value is -1.42. The van der Waals surface area contributed by atoms with Gasteiger partial charge in [-0.05, 0) is 18.6 Å². The number of hydrogen-bond acceptors (Lipinski definition) is 3. The van der Waals surface area contributed by atoms with E-state index in [4.69, 9.17) is 9.47 Å². The maximum atomic E-state index is 13.5. The van der Waals surface area contributed by atoms with E-state index in [1.54, 1.807) is 13.2 Å². The van der Waals surface area contributed by atoms with E-state index in [9.17, 15) is 9.18 Å². The van der Waals surface area contributed by atoms with Crippen molar-refractivity contribution in [3.8, 4) is 5.75 Å². The third kappa shape index (κ3) is 3.03. The summed E-state index contributed by atoms with van der Waals surface area (Å²) in [6.07, 6.45) is 0.831. The van der Waals surface area contributed by atoms with Gasteiger partial charge in [-0.3, -0.25) is 4.79 Å². The fourth-order valence-electron chi connectivity index (χ4n) is 1.45. The summed E-state index contributed by atoms with van der Waals surface area (Å²) in [4.78, 5) is 11.7. The molecule has 0 aliphatic carbocycles. The van der Waals surface area contributed by atoms with Crippen LogP contribution in [-0.2, 0) is 4.74 Å². The number of ketones is 1. The van der Waals surface area contributed by atoms with Crippen molar-refractivity contribution >= 4 is 5.78 Å². The van der Waals surface area contributed by atoms with Crippen molar-refractivity contribution < 1.29 is 18.7 Å². The van der Waals surface area contributed by atoms with Crippen molar-refractivity contribution in [1.29, 1.82) is 0 Å². The zero-order chi connectivity index (χ0) is 12.0. The van der Waals surface area contributed by atoms with Gasteiger partial charge >= 0.3 is 0 Å². The molecule has 0 unspecified atom stereocenters. The lowest BCUT2D eigenvalue weighted by molar-refractivity contribution is 0.0956. The molecule has 3 nitrogen and oxygen atoms in total. The van der Waals surface area contributed by atoms with Crippen molar-refractivity contribution in [1.82, 2.24) is 0 Å². The fourth-order valence-corrected chi connectivity index (χ4v) is 1.45. The average molecular weight is 226 g/mol. The normalized spacial score (nSPS) is 10.2. The zero-order valence-electron chi connectivity index (χ0n) is 9.46. The van der Waals surface area contributed by atoms with Gasteiger partial charge in [0, 0.05) is 20.1 Å². The van der Waals surface area contributed by atoms with E-state index in [1.807, 2.05) is 0 Å². The van der Waals surface area contributed by atoms with E-state index >= 15 is 0 Å². The highest BCUT2D eigenvalue weighted by molar-refractivity contribution is 5.98. The molecule has 1 aromatic carbocycles. The number of ether oxygens (including phenoxy) is 2. The SMILES string of the molecule is COCCCC(=O)c1c(F)cccc1OC. The molecule has 0 aliphatic heterocycles. The van der Waals surface area contributed by atoms with Gasteiger partial charge in [0.25, 0.3) is 0 Å². The molecule has 0 radical (unpaired) electrons. The van der Waals surface area contributed by atoms with E-state index in [0.29, 0.717) is 13.0 Å². The first kappa shape index (κ1) is 12.6. The van der Waals surface area contributed by atoms with Gasteiger partial charge in [0.15, 0.2) is 5.78 Å². The summed E-state index contributed by atoms with van der Waals surface area (Å²) >= 11 is 0. The maximum Gasteiger partial charge on any atom is 0.169 e. The molecule has 0 atom stereocenters. The van der Waals surface area contributed by atoms with Crippen molar-refractivity contribution in [3.63, 3.8) is 0 Å². The summed E-state index contributed by atoms with van der Waals surface area (Å²) in [6, 6.07) is 4.35. The highest BCUT2D eigenvalue weighted by Gasteiger charge is 2.16. The molecule has 0 aromatic heterocycles. The lowest BCUT2D eigenvalue weighted by Gasteiger charge is -2.08. The van der Waals surface area contributed by atoms with Gasteiger partial charge in [-0.15, -0.1) is 0 Å². The second-order valence-electron chi connectivity index (χ2n) is 3.34. The molecule has 0 amide bonds. The quantitative estimate of drug-likeness (QED) is 0.552. The first-order valence-corrected chi connectivity index (χ1v) is 5.05. The topological polar surface area (TPSA) is 35.5 Å². The molecule has 0 heterocycles. The van der Waals surface area contributed by atoms with Crippen LogP contribution in [0.2, 0.25) is 0 Å². The smallest absolute Gasteiger partial charge is 0.169 e. The Bertz CT molecular complexity index is 363. The molecule has 0 saturated heterocycles. The highest BCUT2D eigenvalue weighted by Crippen LogP contribution is 2.23. The van der Waals surface area contributed by atoms with Crippen LogP contribution in [0.25, 0.3) is 0 Å². The number of rotatable bonds is 6. The molecule has 1 aromatic rings. The Balaban J connectivity index is 2.81. The predicted octanol–water partition coefficient (Wildman–Crippen LogP) is 2.44. The van der Waals surface area contributed by atoms with Crippen LogP contribution in [0.4, 0.5) is 4.39 Å². The van der Waals surface area contributed by atoms with Crippen molar-refractivity contribution in [2.45, 2.75) is 12.8 Å². The molecular formula is C12H15FO3. The third-order valence-electron chi connectivity index (χ3n) is 2.23. The Kier molecular flexibility index (Phi) is 4.92. The van der Waals surface area contributed by atoms with E-state index in [1.165, 1.54) is 19.2 Å². The van der Waals surface area contributed by atoms with Crippen LogP contribution in [0, 0.1) is 5.82 Å². The Morgan fingerprint density at radius 1 is 1.38 bits per heavy atom. The van der Waals surface area contributed by atoms with Gasteiger partial charge in [0.2, 0.25) is 0 Å². The van der Waals surface area contributed by atoms with Crippen LogP contribution in [-0.4, -0.2) is 26.6 Å². The van der Waals surface area contributed by atoms with Crippen molar-refractivity contribution in [2.75, 3.05) is 20.8 Å². The lowest BCUT2D eigenvalue weighted by Crippen LogP contribution is -2.06. The molecule has 4 heteroatoms. The minimum atomic E-state index is -0.540. The Labute approximate surface area is 94.2 Å². The van der Waals surface area contributed by atoms with Crippen LogP contribution in [0.1, 0.15) is 23.2 Å². The highest BCUT2D eigenvalue weighted by atomic mass is 19.1. The van der Waals surface area contributed by atoms with Crippen LogP contribution in [0.5, 0.6) is 5.75 Å². The summed E-state index contributed by atoms with van der Waals surface area (Å²) in [5.41, 5.74) is 0.0288. The van der Waals surface area contributed by atoms with Gasteiger partial charge in [-0.25, -0.2) is 4.39 Å². The molecule has 0 saturated carbocycles. The molecule has 16 heavy (non-hydrogen) atoms. The molecule has 88 valence electrons. The second kappa shape index (κ2) is 6.23. The average Bonchev–Trinajstić information content (AvgIpc) is 2.28. The molecular weight excluding hydrogens is 211 g/mol. The second-order valence-corrected chi connectivity index (χ2v) is 3.34. The lowest BCUT2D eigenvalue weighted by atomic mass is 10.1. The van der Waals surface area contributed by atoms with Gasteiger partial charge in [0.05, 0.1) is 12.7 Å². The monoisotopic (exact) mass is 226 g/mol. The number of benzene rings is 1. The zero-order valence-corrected chi connectivity index (χ0v) is 9.46. The number of carbonyl (C=O) groups excluding carboxylic acids is 1. The fraction of sp³-hybridized carbons (Fsp3) is 0.417. The summed E-state index contributed by atoms with van der Waals surface area (Å²) in [7, 11) is 2.98. The molecule has 0 N–H and O–H groups in total. The number of halogens is 1. The van der Waals surface area contributed by atoms with E-state index in [2.05, 4.69) is 0 Å². The molecule has 0 spiro atoms. The van der Waals surface area contributed by atoms with Gasteiger partial charge < -0.3 is 9.47 Å². The van der Waals surface area contributed by atoms with Gasteiger partial charge in [-0.1, -0.05) is 6.07 Å².